The maximum Gasteiger partial charge on any atom is 0.140 e. The van der Waals surface area contributed by atoms with Crippen LogP contribution in [-0.4, -0.2) is 48.3 Å². The summed E-state index contributed by atoms with van der Waals surface area (Å²) in [6.07, 6.45) is 1.70. The van der Waals surface area contributed by atoms with Gasteiger partial charge in [-0.05, 0) is 18.6 Å². The van der Waals surface area contributed by atoms with E-state index in [1.807, 2.05) is 17.9 Å². The smallest absolute Gasteiger partial charge is 0.140 e. The van der Waals surface area contributed by atoms with Gasteiger partial charge in [-0.3, -0.25) is 5.41 Å². The van der Waals surface area contributed by atoms with Gasteiger partial charge < -0.3 is 20.5 Å². The van der Waals surface area contributed by atoms with Gasteiger partial charge in [-0.1, -0.05) is 0 Å². The number of hydrogen-bond donors (Lipinski definition) is 3. The van der Waals surface area contributed by atoms with E-state index in [4.69, 9.17) is 15.9 Å². The summed E-state index contributed by atoms with van der Waals surface area (Å²) >= 11 is 0. The average molecular weight is 250 g/mol. The van der Waals surface area contributed by atoms with Crippen molar-refractivity contribution in [1.29, 1.82) is 5.41 Å². The van der Waals surface area contributed by atoms with Gasteiger partial charge in [-0.2, -0.15) is 0 Å². The number of rotatable bonds is 3. The van der Waals surface area contributed by atoms with Crippen LogP contribution >= 0.6 is 0 Å². The summed E-state index contributed by atoms with van der Waals surface area (Å²) in [6, 6.07) is 1.69. The number of aliphatic hydroxyl groups is 1. The minimum absolute atomic E-state index is 0.00113. The molecule has 0 aliphatic carbocycles. The minimum Gasteiger partial charge on any atom is -0.394 e. The summed E-state index contributed by atoms with van der Waals surface area (Å²) in [7, 11) is 0. The number of nitrogens with zero attached hydrogens (tertiary/aromatic N) is 2. The molecule has 1 atom stereocenters. The van der Waals surface area contributed by atoms with Crippen molar-refractivity contribution in [3.63, 3.8) is 0 Å². The standard InChI is InChI=1S/C12H18N4O2/c1-8-2-3-15-12(10(8)11(13)14)16-4-5-18-7-9(16)6-17/h2-3,9,17H,4-7H2,1H3,(H3,13,14). The number of amidine groups is 1. The van der Waals surface area contributed by atoms with Crippen molar-refractivity contribution >= 4 is 11.7 Å². The first-order valence-corrected chi connectivity index (χ1v) is 5.90. The lowest BCUT2D eigenvalue weighted by molar-refractivity contribution is 0.0722. The lowest BCUT2D eigenvalue weighted by Crippen LogP contribution is -2.48. The van der Waals surface area contributed by atoms with Crippen LogP contribution in [0.1, 0.15) is 11.1 Å². The quantitative estimate of drug-likeness (QED) is 0.513. The van der Waals surface area contributed by atoms with Gasteiger partial charge in [-0.25, -0.2) is 4.98 Å². The van der Waals surface area contributed by atoms with E-state index in [-0.39, 0.29) is 18.5 Å². The fraction of sp³-hybridized carbons (Fsp3) is 0.500. The number of nitrogen functional groups attached to an aromatic ring is 1. The van der Waals surface area contributed by atoms with Crippen molar-refractivity contribution in [1.82, 2.24) is 4.98 Å². The second-order valence-electron chi connectivity index (χ2n) is 4.34. The highest BCUT2D eigenvalue weighted by Crippen LogP contribution is 2.23. The first-order valence-electron chi connectivity index (χ1n) is 5.90. The number of nitrogens with one attached hydrogen (secondary N) is 1. The molecule has 98 valence electrons. The average Bonchev–Trinajstić information content (AvgIpc) is 2.38. The Morgan fingerprint density at radius 3 is 3.17 bits per heavy atom. The van der Waals surface area contributed by atoms with Gasteiger partial charge in [0.2, 0.25) is 0 Å². The molecule has 1 aliphatic heterocycles. The zero-order valence-electron chi connectivity index (χ0n) is 10.4. The highest BCUT2D eigenvalue weighted by molar-refractivity contribution is 6.01. The van der Waals surface area contributed by atoms with Crippen LogP contribution in [0.2, 0.25) is 0 Å². The summed E-state index contributed by atoms with van der Waals surface area (Å²) in [5, 5.41) is 17.1. The van der Waals surface area contributed by atoms with Gasteiger partial charge in [0, 0.05) is 12.7 Å². The maximum absolute atomic E-state index is 9.39. The van der Waals surface area contributed by atoms with Crippen molar-refractivity contribution in [3.05, 3.63) is 23.4 Å². The van der Waals surface area contributed by atoms with E-state index in [1.165, 1.54) is 0 Å². The number of aliphatic hydroxyl groups excluding tert-OH is 1. The molecule has 1 saturated heterocycles. The van der Waals surface area contributed by atoms with Crippen molar-refractivity contribution in [3.8, 4) is 0 Å². The van der Waals surface area contributed by atoms with Crippen LogP contribution in [0.5, 0.6) is 0 Å². The predicted octanol–water partition coefficient (Wildman–Crippen LogP) is -0.128. The van der Waals surface area contributed by atoms with Gasteiger partial charge in [0.05, 0.1) is 31.4 Å². The molecule has 6 heteroatoms. The van der Waals surface area contributed by atoms with Crippen molar-refractivity contribution in [2.75, 3.05) is 31.3 Å². The molecule has 18 heavy (non-hydrogen) atoms. The fourth-order valence-corrected chi connectivity index (χ4v) is 2.18. The first kappa shape index (κ1) is 12.8. The van der Waals surface area contributed by atoms with Crippen molar-refractivity contribution in [2.45, 2.75) is 13.0 Å². The van der Waals surface area contributed by atoms with Gasteiger partial charge in [0.15, 0.2) is 0 Å². The number of aromatic nitrogens is 1. The first-order chi connectivity index (χ1) is 8.65. The summed E-state index contributed by atoms with van der Waals surface area (Å²) < 4.78 is 5.34. The summed E-state index contributed by atoms with van der Waals surface area (Å²) in [6.45, 7) is 3.58. The Bertz CT molecular complexity index is 450. The van der Waals surface area contributed by atoms with E-state index in [0.29, 0.717) is 31.1 Å². The molecular formula is C12H18N4O2. The number of aryl methyl sites for hydroxylation is 1. The highest BCUT2D eigenvalue weighted by atomic mass is 16.5. The second-order valence-corrected chi connectivity index (χ2v) is 4.34. The number of pyridine rings is 1. The third-order valence-electron chi connectivity index (χ3n) is 3.12. The Morgan fingerprint density at radius 1 is 1.72 bits per heavy atom. The third kappa shape index (κ3) is 2.30. The minimum atomic E-state index is -0.133. The maximum atomic E-state index is 9.39. The van der Waals surface area contributed by atoms with Gasteiger partial charge >= 0.3 is 0 Å². The van der Waals surface area contributed by atoms with E-state index in [2.05, 4.69) is 4.98 Å². The second kappa shape index (κ2) is 5.32. The van der Waals surface area contributed by atoms with Crippen LogP contribution < -0.4 is 10.6 Å². The highest BCUT2D eigenvalue weighted by Gasteiger charge is 2.26. The van der Waals surface area contributed by atoms with E-state index < -0.39 is 0 Å². The molecule has 1 unspecified atom stereocenters. The largest absolute Gasteiger partial charge is 0.394 e. The number of ether oxygens (including phenoxy) is 1. The van der Waals surface area contributed by atoms with Crippen LogP contribution in [0.4, 0.5) is 5.82 Å². The van der Waals surface area contributed by atoms with E-state index in [1.54, 1.807) is 6.20 Å². The lowest BCUT2D eigenvalue weighted by atomic mass is 10.1. The Hall–Kier alpha value is -1.66. The Kier molecular flexibility index (Phi) is 3.78. The van der Waals surface area contributed by atoms with Crippen LogP contribution in [0.3, 0.4) is 0 Å². The molecule has 0 aromatic carbocycles. The summed E-state index contributed by atoms with van der Waals surface area (Å²) in [5.74, 6) is 0.656. The molecule has 0 bridgehead atoms. The Morgan fingerprint density at radius 2 is 2.50 bits per heavy atom. The van der Waals surface area contributed by atoms with E-state index in [9.17, 15) is 5.11 Å². The van der Waals surface area contributed by atoms with Crippen LogP contribution in [0.25, 0.3) is 0 Å². The Labute approximate surface area is 106 Å². The summed E-state index contributed by atoms with van der Waals surface area (Å²) in [4.78, 5) is 6.29. The molecule has 1 aromatic heterocycles. The molecule has 1 aromatic rings. The van der Waals surface area contributed by atoms with Crippen LogP contribution in [0, 0.1) is 12.3 Å². The molecule has 0 saturated carbocycles. The topological polar surface area (TPSA) is 95.5 Å². The molecule has 0 amide bonds. The number of anilines is 1. The van der Waals surface area contributed by atoms with E-state index in [0.717, 1.165) is 5.56 Å². The van der Waals surface area contributed by atoms with Crippen molar-refractivity contribution < 1.29 is 9.84 Å². The number of morpholine rings is 1. The van der Waals surface area contributed by atoms with Gasteiger partial charge in [0.1, 0.15) is 11.7 Å². The SMILES string of the molecule is Cc1ccnc(N2CCOCC2CO)c1C(=N)N. The lowest BCUT2D eigenvalue weighted by Gasteiger charge is -2.36. The van der Waals surface area contributed by atoms with Crippen molar-refractivity contribution in [2.24, 2.45) is 5.73 Å². The molecule has 6 nitrogen and oxygen atoms in total. The molecule has 0 spiro atoms. The molecule has 2 rings (SSSR count). The number of nitrogens with two attached hydrogens (primary N) is 1. The molecule has 1 aliphatic rings. The molecule has 4 N–H and O–H groups in total. The fourth-order valence-electron chi connectivity index (χ4n) is 2.18. The zero-order valence-corrected chi connectivity index (χ0v) is 10.4. The molecular weight excluding hydrogens is 232 g/mol. The Balaban J connectivity index is 2.42. The van der Waals surface area contributed by atoms with E-state index >= 15 is 0 Å². The van der Waals surface area contributed by atoms with Gasteiger partial charge in [0.25, 0.3) is 0 Å². The normalized spacial score (nSPS) is 19.9. The number of hydrogen-bond acceptors (Lipinski definition) is 5. The predicted molar refractivity (Wildman–Crippen MR) is 69.0 cm³/mol. The van der Waals surface area contributed by atoms with Crippen LogP contribution in [-0.2, 0) is 4.74 Å². The summed E-state index contributed by atoms with van der Waals surface area (Å²) in [5.41, 5.74) is 7.18. The monoisotopic (exact) mass is 250 g/mol. The third-order valence-corrected chi connectivity index (χ3v) is 3.12. The molecule has 0 radical (unpaired) electrons. The zero-order chi connectivity index (χ0) is 13.1. The molecule has 1 fully saturated rings. The van der Waals surface area contributed by atoms with Crippen LogP contribution in [0.15, 0.2) is 12.3 Å². The van der Waals surface area contributed by atoms with Gasteiger partial charge in [-0.15, -0.1) is 0 Å². The molecule has 2 heterocycles.